The number of piperazine rings is 1. The van der Waals surface area contributed by atoms with Crippen LogP contribution in [0.3, 0.4) is 0 Å². The molecule has 1 fully saturated rings. The third kappa shape index (κ3) is 12.1. The summed E-state index contributed by atoms with van der Waals surface area (Å²) in [6, 6.07) is 0. The predicted octanol–water partition coefficient (Wildman–Crippen LogP) is 6.04. The summed E-state index contributed by atoms with van der Waals surface area (Å²) in [6.07, 6.45) is 24.2. The zero-order valence-corrected chi connectivity index (χ0v) is 20.0. The van der Waals surface area contributed by atoms with Crippen LogP contribution in [0.1, 0.15) is 110 Å². The summed E-state index contributed by atoms with van der Waals surface area (Å²) in [5, 5.41) is 8.11. The van der Waals surface area contributed by atoms with Gasteiger partial charge >= 0.3 is 0 Å². The average molecular weight is 419 g/mol. The quantitative estimate of drug-likeness (QED) is 0.574. The van der Waals surface area contributed by atoms with E-state index >= 15 is 0 Å². The second-order valence-electron chi connectivity index (χ2n) is 9.27. The van der Waals surface area contributed by atoms with Gasteiger partial charge in [0.05, 0.1) is 5.71 Å². The Bertz CT molecular complexity index is 432. The van der Waals surface area contributed by atoms with Crippen molar-refractivity contribution in [1.82, 2.24) is 15.6 Å². The van der Waals surface area contributed by atoms with Gasteiger partial charge < -0.3 is 15.6 Å². The highest BCUT2D eigenvalue weighted by molar-refractivity contribution is 5.99. The fraction of sp³-hybridized carbons (Fsp3) is 0.885. The maximum atomic E-state index is 4.80. The first kappa shape index (κ1) is 25.4. The summed E-state index contributed by atoms with van der Waals surface area (Å²) in [7, 11) is 0. The second kappa shape index (κ2) is 17.8. The standard InChI is InChI=1S/C20H36N2.C6H14N2/c1-2-4-8-12-16-19(15-11-7-3-1)20-17-13-9-5-6-10-14-18-21-22-20;1-2-8-5-3-7-4-6-8/h15,21H,1-14,16-18H2;7H,2-6H2,1H3. The molecule has 0 bridgehead atoms. The van der Waals surface area contributed by atoms with E-state index in [1.807, 2.05) is 0 Å². The first-order valence-electron chi connectivity index (χ1n) is 13.3. The molecule has 0 amide bonds. The second-order valence-corrected chi connectivity index (χ2v) is 9.27. The molecule has 0 aromatic carbocycles. The molecule has 1 aliphatic carbocycles. The van der Waals surface area contributed by atoms with Gasteiger partial charge in [0.15, 0.2) is 0 Å². The van der Waals surface area contributed by atoms with Crippen molar-refractivity contribution in [1.29, 1.82) is 0 Å². The van der Waals surface area contributed by atoms with Crippen molar-refractivity contribution in [3.63, 3.8) is 0 Å². The lowest BCUT2D eigenvalue weighted by molar-refractivity contribution is 0.253. The Morgan fingerprint density at radius 2 is 1.33 bits per heavy atom. The van der Waals surface area contributed by atoms with E-state index < -0.39 is 0 Å². The molecule has 3 aliphatic rings. The van der Waals surface area contributed by atoms with Crippen LogP contribution in [0.4, 0.5) is 0 Å². The Balaban J connectivity index is 0.000000335. The summed E-state index contributed by atoms with van der Waals surface area (Å²) in [5.41, 5.74) is 6.29. The van der Waals surface area contributed by atoms with E-state index in [-0.39, 0.29) is 0 Å². The van der Waals surface area contributed by atoms with Crippen LogP contribution in [0.5, 0.6) is 0 Å². The van der Waals surface area contributed by atoms with Crippen LogP contribution < -0.4 is 10.7 Å². The van der Waals surface area contributed by atoms with E-state index in [4.69, 9.17) is 5.10 Å². The van der Waals surface area contributed by atoms with E-state index in [9.17, 15) is 0 Å². The van der Waals surface area contributed by atoms with E-state index in [0.717, 1.165) is 6.54 Å². The van der Waals surface area contributed by atoms with Crippen molar-refractivity contribution in [3.05, 3.63) is 11.6 Å². The minimum absolute atomic E-state index is 1.05. The molecule has 0 saturated carbocycles. The lowest BCUT2D eigenvalue weighted by Gasteiger charge is -2.25. The summed E-state index contributed by atoms with van der Waals surface area (Å²) in [6.45, 7) is 9.29. The van der Waals surface area contributed by atoms with Gasteiger partial charge in [-0.15, -0.1) is 0 Å². The topological polar surface area (TPSA) is 39.7 Å². The van der Waals surface area contributed by atoms with Crippen LogP contribution in [-0.2, 0) is 0 Å². The molecule has 174 valence electrons. The fourth-order valence-electron chi connectivity index (χ4n) is 4.65. The van der Waals surface area contributed by atoms with Crippen LogP contribution in [0.15, 0.2) is 16.8 Å². The van der Waals surface area contributed by atoms with Gasteiger partial charge in [0.25, 0.3) is 0 Å². The highest BCUT2D eigenvalue weighted by Crippen LogP contribution is 2.20. The molecule has 0 atom stereocenters. The summed E-state index contributed by atoms with van der Waals surface area (Å²) >= 11 is 0. The highest BCUT2D eigenvalue weighted by Gasteiger charge is 2.09. The number of allylic oxidation sites excluding steroid dienone is 2. The molecule has 0 radical (unpaired) electrons. The van der Waals surface area contributed by atoms with Gasteiger partial charge in [0.2, 0.25) is 0 Å². The molecule has 4 nitrogen and oxygen atoms in total. The third-order valence-electron chi connectivity index (χ3n) is 6.73. The van der Waals surface area contributed by atoms with Gasteiger partial charge in [-0.3, -0.25) is 0 Å². The van der Waals surface area contributed by atoms with Crippen molar-refractivity contribution in [2.24, 2.45) is 5.10 Å². The largest absolute Gasteiger partial charge is 0.314 e. The first-order chi connectivity index (χ1) is 14.9. The first-order valence-corrected chi connectivity index (χ1v) is 13.3. The van der Waals surface area contributed by atoms with Crippen LogP contribution in [0.25, 0.3) is 0 Å². The Labute approximate surface area is 187 Å². The lowest BCUT2D eigenvalue weighted by Crippen LogP contribution is -2.43. The van der Waals surface area contributed by atoms with Gasteiger partial charge in [0, 0.05) is 32.7 Å². The highest BCUT2D eigenvalue weighted by atomic mass is 15.3. The van der Waals surface area contributed by atoms with E-state index in [2.05, 4.69) is 28.6 Å². The number of nitrogens with one attached hydrogen (secondary N) is 2. The number of likely N-dealkylation sites (N-methyl/N-ethyl adjacent to an activating group) is 1. The minimum Gasteiger partial charge on any atom is -0.314 e. The maximum Gasteiger partial charge on any atom is 0.0631 e. The van der Waals surface area contributed by atoms with E-state index in [1.54, 1.807) is 5.57 Å². The zero-order chi connectivity index (χ0) is 21.1. The number of hydrazone groups is 1. The van der Waals surface area contributed by atoms with Gasteiger partial charge in [0.1, 0.15) is 0 Å². The van der Waals surface area contributed by atoms with Gasteiger partial charge in [-0.25, -0.2) is 0 Å². The maximum absolute atomic E-state index is 4.80. The number of hydrogen-bond acceptors (Lipinski definition) is 4. The van der Waals surface area contributed by atoms with E-state index in [0.29, 0.717) is 0 Å². The normalized spacial score (nSPS) is 23.9. The van der Waals surface area contributed by atoms with Crippen LogP contribution in [0, 0.1) is 0 Å². The molecule has 0 spiro atoms. The van der Waals surface area contributed by atoms with Crippen molar-refractivity contribution >= 4 is 5.71 Å². The van der Waals surface area contributed by atoms with Gasteiger partial charge in [-0.1, -0.05) is 70.8 Å². The third-order valence-corrected chi connectivity index (χ3v) is 6.73. The molecule has 0 aromatic heterocycles. The Hall–Kier alpha value is -0.870. The molecule has 2 N–H and O–H groups in total. The molecule has 2 heterocycles. The predicted molar refractivity (Wildman–Crippen MR) is 132 cm³/mol. The van der Waals surface area contributed by atoms with Crippen LogP contribution in [-0.4, -0.2) is 49.9 Å². The Morgan fingerprint density at radius 1 is 0.733 bits per heavy atom. The van der Waals surface area contributed by atoms with Crippen molar-refractivity contribution in [2.75, 3.05) is 39.3 Å². The Kier molecular flexibility index (Phi) is 15.0. The number of hydrogen-bond donors (Lipinski definition) is 2. The monoisotopic (exact) mass is 418 g/mol. The molecular weight excluding hydrogens is 368 g/mol. The lowest BCUT2D eigenvalue weighted by atomic mass is 9.97. The molecule has 0 aromatic rings. The minimum atomic E-state index is 1.05. The van der Waals surface area contributed by atoms with E-state index in [1.165, 1.54) is 141 Å². The average Bonchev–Trinajstić information content (AvgIpc) is 2.90. The van der Waals surface area contributed by atoms with Crippen molar-refractivity contribution in [2.45, 2.75) is 110 Å². The SMILES string of the molecule is C1=C(C2=NNCCCCCCCC2)CCCCCCCCC1.CCN1CCNCC1. The van der Waals surface area contributed by atoms with Crippen molar-refractivity contribution < 1.29 is 0 Å². The molecule has 0 unspecified atom stereocenters. The van der Waals surface area contributed by atoms with Crippen LogP contribution >= 0.6 is 0 Å². The summed E-state index contributed by atoms with van der Waals surface area (Å²) < 4.78 is 0. The molecule has 3 rings (SSSR count). The Morgan fingerprint density at radius 3 is 2.00 bits per heavy atom. The fourth-order valence-corrected chi connectivity index (χ4v) is 4.65. The molecule has 2 aliphatic heterocycles. The van der Waals surface area contributed by atoms with Crippen LogP contribution in [0.2, 0.25) is 0 Å². The molecule has 1 saturated heterocycles. The molecule has 4 heteroatoms. The zero-order valence-electron chi connectivity index (χ0n) is 20.0. The summed E-state index contributed by atoms with van der Waals surface area (Å²) in [5.74, 6) is 0. The number of nitrogens with zero attached hydrogens (tertiary/aromatic N) is 2. The van der Waals surface area contributed by atoms with Gasteiger partial charge in [-0.2, -0.15) is 5.10 Å². The number of rotatable bonds is 2. The van der Waals surface area contributed by atoms with Crippen molar-refractivity contribution in [3.8, 4) is 0 Å². The summed E-state index contributed by atoms with van der Waals surface area (Å²) in [4.78, 5) is 2.45. The van der Waals surface area contributed by atoms with Gasteiger partial charge in [-0.05, 0) is 57.1 Å². The smallest absolute Gasteiger partial charge is 0.0631 e. The molecule has 30 heavy (non-hydrogen) atoms. The molecular formula is C26H50N4.